The fourth-order valence-electron chi connectivity index (χ4n) is 3.29. The number of rotatable bonds is 6. The Morgan fingerprint density at radius 3 is 2.39 bits per heavy atom. The van der Waals surface area contributed by atoms with Crippen LogP contribution in [-0.4, -0.2) is 36.3 Å². The summed E-state index contributed by atoms with van der Waals surface area (Å²) in [5.41, 5.74) is 1.39. The van der Waals surface area contributed by atoms with Crippen molar-refractivity contribution in [3.8, 4) is 0 Å². The van der Waals surface area contributed by atoms with E-state index in [1.54, 1.807) is 0 Å². The van der Waals surface area contributed by atoms with E-state index in [9.17, 15) is 9.59 Å². The smallest absolute Gasteiger partial charge is 0.223 e. The van der Waals surface area contributed by atoms with Crippen LogP contribution in [0.5, 0.6) is 0 Å². The summed E-state index contributed by atoms with van der Waals surface area (Å²) in [5, 5.41) is 2.92. The molecule has 124 valence electrons. The Morgan fingerprint density at radius 1 is 1.04 bits per heavy atom. The van der Waals surface area contributed by atoms with Crippen LogP contribution >= 0.6 is 0 Å². The molecule has 3 rings (SSSR count). The molecule has 1 heterocycles. The van der Waals surface area contributed by atoms with Crippen LogP contribution in [-0.2, 0) is 9.59 Å². The number of carbonyl (C=O) groups is 2. The predicted octanol–water partition coefficient (Wildman–Crippen LogP) is 2.70. The number of piperidine rings is 1. The molecule has 1 aromatic rings. The first kappa shape index (κ1) is 16.0. The molecule has 4 heteroatoms. The van der Waals surface area contributed by atoms with Crippen LogP contribution < -0.4 is 5.32 Å². The van der Waals surface area contributed by atoms with Crippen LogP contribution in [0, 0.1) is 5.92 Å². The summed E-state index contributed by atoms with van der Waals surface area (Å²) in [6.45, 7) is 2.33. The van der Waals surface area contributed by atoms with Gasteiger partial charge in [0.2, 0.25) is 11.8 Å². The second kappa shape index (κ2) is 7.62. The van der Waals surface area contributed by atoms with E-state index < -0.39 is 0 Å². The van der Waals surface area contributed by atoms with E-state index in [0.717, 1.165) is 45.2 Å². The van der Waals surface area contributed by atoms with Gasteiger partial charge >= 0.3 is 0 Å². The molecule has 1 aromatic carbocycles. The molecule has 4 nitrogen and oxygen atoms in total. The molecule has 2 amide bonds. The van der Waals surface area contributed by atoms with E-state index in [1.807, 2.05) is 11.0 Å². The van der Waals surface area contributed by atoms with Crippen molar-refractivity contribution >= 4 is 11.8 Å². The fourth-order valence-corrected chi connectivity index (χ4v) is 3.29. The molecule has 0 spiro atoms. The molecular formula is C19H26N2O2. The lowest BCUT2D eigenvalue weighted by Gasteiger charge is -2.32. The molecule has 1 aliphatic carbocycles. The quantitative estimate of drug-likeness (QED) is 0.821. The van der Waals surface area contributed by atoms with Crippen molar-refractivity contribution in [1.29, 1.82) is 0 Å². The predicted molar refractivity (Wildman–Crippen MR) is 90.0 cm³/mol. The summed E-state index contributed by atoms with van der Waals surface area (Å²) in [7, 11) is 0. The number of hydrogen-bond donors (Lipinski definition) is 1. The van der Waals surface area contributed by atoms with E-state index >= 15 is 0 Å². The minimum absolute atomic E-state index is 0.168. The Bertz CT molecular complexity index is 532. The maximum absolute atomic E-state index is 12.2. The van der Waals surface area contributed by atoms with Crippen LogP contribution in [0.3, 0.4) is 0 Å². The molecule has 0 radical (unpaired) electrons. The third-order valence-corrected chi connectivity index (χ3v) is 4.93. The normalized spacial score (nSPS) is 18.7. The second-order valence-corrected chi connectivity index (χ2v) is 6.73. The number of hydrogen-bond acceptors (Lipinski definition) is 2. The highest BCUT2D eigenvalue weighted by Gasteiger charge is 2.29. The number of amides is 2. The molecule has 1 N–H and O–H groups in total. The summed E-state index contributed by atoms with van der Waals surface area (Å²) in [6.07, 6.45) is 5.45. The Hall–Kier alpha value is -1.84. The Kier molecular flexibility index (Phi) is 5.31. The van der Waals surface area contributed by atoms with Gasteiger partial charge in [0.05, 0.1) is 0 Å². The molecule has 2 aliphatic rings. The van der Waals surface area contributed by atoms with E-state index in [2.05, 4.69) is 29.6 Å². The topological polar surface area (TPSA) is 49.4 Å². The highest BCUT2D eigenvalue weighted by atomic mass is 16.2. The molecule has 0 bridgehead atoms. The van der Waals surface area contributed by atoms with Gasteiger partial charge in [-0.1, -0.05) is 30.3 Å². The van der Waals surface area contributed by atoms with Crippen molar-refractivity contribution < 1.29 is 9.59 Å². The lowest BCUT2D eigenvalue weighted by Crippen LogP contribution is -2.38. The molecule has 1 saturated carbocycles. The van der Waals surface area contributed by atoms with Crippen molar-refractivity contribution in [2.24, 2.45) is 5.92 Å². The highest BCUT2D eigenvalue weighted by Crippen LogP contribution is 2.29. The molecule has 0 unspecified atom stereocenters. The number of nitrogens with zero attached hydrogens (tertiary/aromatic N) is 1. The second-order valence-electron chi connectivity index (χ2n) is 6.73. The van der Waals surface area contributed by atoms with Gasteiger partial charge in [0, 0.05) is 32.0 Å². The zero-order valence-electron chi connectivity index (χ0n) is 13.7. The third kappa shape index (κ3) is 4.57. The fraction of sp³-hybridized carbons (Fsp3) is 0.579. The standard InChI is InChI=1S/C19H26N2O2/c22-18(7-4-12-20-19(23)17-8-9-17)21-13-10-16(11-14-21)15-5-2-1-3-6-15/h1-3,5-6,16-17H,4,7-14H2,(H,20,23). The first-order valence-electron chi connectivity index (χ1n) is 8.84. The first-order valence-corrected chi connectivity index (χ1v) is 8.84. The maximum atomic E-state index is 12.2. The molecule has 1 saturated heterocycles. The minimum atomic E-state index is 0.168. The summed E-state index contributed by atoms with van der Waals surface area (Å²) >= 11 is 0. The van der Waals surface area contributed by atoms with E-state index in [1.165, 1.54) is 5.56 Å². The van der Waals surface area contributed by atoms with Gasteiger partial charge < -0.3 is 10.2 Å². The highest BCUT2D eigenvalue weighted by molar-refractivity contribution is 5.81. The monoisotopic (exact) mass is 314 g/mol. The molecular weight excluding hydrogens is 288 g/mol. The summed E-state index contributed by atoms with van der Waals surface area (Å²) < 4.78 is 0. The van der Waals surface area contributed by atoms with Gasteiger partial charge in [0.25, 0.3) is 0 Å². The lowest BCUT2D eigenvalue weighted by molar-refractivity contribution is -0.132. The van der Waals surface area contributed by atoms with Crippen LogP contribution in [0.2, 0.25) is 0 Å². The summed E-state index contributed by atoms with van der Waals surface area (Å²) in [5.74, 6) is 1.24. The van der Waals surface area contributed by atoms with Gasteiger partial charge in [-0.15, -0.1) is 0 Å². The van der Waals surface area contributed by atoms with Crippen molar-refractivity contribution in [1.82, 2.24) is 10.2 Å². The average Bonchev–Trinajstić information content (AvgIpc) is 3.44. The van der Waals surface area contributed by atoms with Gasteiger partial charge in [-0.05, 0) is 43.6 Å². The molecule has 23 heavy (non-hydrogen) atoms. The molecule has 0 aromatic heterocycles. The molecule has 0 atom stereocenters. The Balaban J connectivity index is 1.34. The van der Waals surface area contributed by atoms with Crippen molar-refractivity contribution in [3.63, 3.8) is 0 Å². The van der Waals surface area contributed by atoms with Crippen molar-refractivity contribution in [2.45, 2.75) is 44.4 Å². The number of likely N-dealkylation sites (tertiary alicyclic amines) is 1. The summed E-state index contributed by atoms with van der Waals surface area (Å²) in [6, 6.07) is 10.6. The van der Waals surface area contributed by atoms with Crippen molar-refractivity contribution in [3.05, 3.63) is 35.9 Å². The average molecular weight is 314 g/mol. The number of nitrogens with one attached hydrogen (secondary N) is 1. The van der Waals surface area contributed by atoms with Gasteiger partial charge in [-0.3, -0.25) is 9.59 Å². The van der Waals surface area contributed by atoms with Crippen LogP contribution in [0.25, 0.3) is 0 Å². The first-order chi connectivity index (χ1) is 11.2. The minimum Gasteiger partial charge on any atom is -0.356 e. The maximum Gasteiger partial charge on any atom is 0.223 e. The van der Waals surface area contributed by atoms with E-state index in [4.69, 9.17) is 0 Å². The van der Waals surface area contributed by atoms with Crippen molar-refractivity contribution in [2.75, 3.05) is 19.6 Å². The third-order valence-electron chi connectivity index (χ3n) is 4.93. The van der Waals surface area contributed by atoms with E-state index in [-0.39, 0.29) is 17.7 Å². The Morgan fingerprint density at radius 2 is 1.74 bits per heavy atom. The zero-order valence-corrected chi connectivity index (χ0v) is 13.7. The van der Waals surface area contributed by atoms with Crippen LogP contribution in [0.1, 0.15) is 50.0 Å². The summed E-state index contributed by atoms with van der Waals surface area (Å²) in [4.78, 5) is 25.7. The van der Waals surface area contributed by atoms with Crippen LogP contribution in [0.15, 0.2) is 30.3 Å². The van der Waals surface area contributed by atoms with Gasteiger partial charge in [0.15, 0.2) is 0 Å². The van der Waals surface area contributed by atoms with Crippen LogP contribution in [0.4, 0.5) is 0 Å². The number of carbonyl (C=O) groups excluding carboxylic acids is 2. The van der Waals surface area contributed by atoms with E-state index in [0.29, 0.717) is 18.9 Å². The zero-order chi connectivity index (χ0) is 16.1. The van der Waals surface area contributed by atoms with Gasteiger partial charge in [-0.2, -0.15) is 0 Å². The Labute approximate surface area is 138 Å². The number of benzene rings is 1. The van der Waals surface area contributed by atoms with Gasteiger partial charge in [0.1, 0.15) is 0 Å². The molecule has 1 aliphatic heterocycles. The molecule has 2 fully saturated rings. The lowest BCUT2D eigenvalue weighted by atomic mass is 9.89. The SMILES string of the molecule is O=C(NCCCC(=O)N1CCC(c2ccccc2)CC1)C1CC1. The van der Waals surface area contributed by atoms with Gasteiger partial charge in [-0.25, -0.2) is 0 Å². The largest absolute Gasteiger partial charge is 0.356 e.